The van der Waals surface area contributed by atoms with Crippen LogP contribution in [0.4, 0.5) is 30.6 Å². The normalized spacial score (nSPS) is 20.5. The fourth-order valence-electron chi connectivity index (χ4n) is 15.6. The lowest BCUT2D eigenvalue weighted by atomic mass is 9.87. The van der Waals surface area contributed by atoms with Crippen LogP contribution in [-0.4, -0.2) is 230 Å². The molecule has 0 spiro atoms. The molecule has 7 atom stereocenters. The van der Waals surface area contributed by atoms with Crippen LogP contribution < -0.4 is 14.7 Å². The highest BCUT2D eigenvalue weighted by atomic mass is 35.5. The Morgan fingerprint density at radius 2 is 0.888 bits per heavy atom. The van der Waals surface area contributed by atoms with Crippen molar-refractivity contribution in [1.29, 1.82) is 0 Å². The highest BCUT2D eigenvalue weighted by Crippen LogP contribution is 2.50. The Morgan fingerprint density at radius 3 is 1.31 bits per heavy atom. The molecule has 7 unspecified atom stereocenters. The number of carbonyl (C=O) groups excluding carboxylic acids is 6. The minimum Gasteiger partial charge on any atom is -0.385 e. The van der Waals surface area contributed by atoms with Crippen molar-refractivity contribution in [3.8, 4) is 0 Å². The lowest BCUT2D eigenvalue weighted by molar-refractivity contribution is -0.134. The van der Waals surface area contributed by atoms with E-state index in [9.17, 15) is 47.8 Å². The van der Waals surface area contributed by atoms with E-state index in [-0.39, 0.29) is 101 Å². The van der Waals surface area contributed by atoms with Gasteiger partial charge in [0.2, 0.25) is 11.8 Å². The van der Waals surface area contributed by atoms with Gasteiger partial charge in [-0.05, 0) is 182 Å². The standard InChI is InChI=1S/C19H20ClNO2.C19H21NO3.C14H19NO3.C14H25NO2.C13H24N2O3.C11H19NO.C2H4F2O.8CH4/c1-14-9-10-16-17(13-14)21(11-6-12-23-2)18(22)19(16,20)15-7-4-3-5-8-15;1-14-9-10-16-17(13-14)20(11-6-12-23-2)18(21)19(16,22)15-7-4-3-5-8-15;1-10-5-6-11-12(9-10)15(7-4-8-18-3)13(16)14(11,2)17;1-3-9-15(12-7-8-12)14(16)10-11-5-4-6-13(11)17-2;1-4-7-15(10-5-6-10)13(16)14-8-11(17-2)12(9-14)18-3;1-3-5-6-11(13)12(9-4-2)10-7-8-10;1-5-2(3)4;;;;;;;;/h3-5,7-10,13H,6,11-12H2,1-2H3;3-5,7-10,13,22H,6,11-12H2,1-2H3;5-6,9,17H,4,7-8H2,1-3H3;11-13H,3-10H2,1-2H3;10-12H,4-9H2,1-3H3;5-6,10H,3-4,7-9H2,1-2H3;2H,1H3;8*1H4/b;;;;;6-5+;;;;;;;;;. The average Bonchev–Trinajstić information content (AvgIpc) is 1.59. The fraction of sp³-hybridized carbons (Fsp3) is 0.620. The Morgan fingerprint density at radius 1 is 0.504 bits per heavy atom. The summed E-state index contributed by atoms with van der Waals surface area (Å²) < 4.78 is 55.9. The smallest absolute Gasteiger partial charge is 0.345 e. The number of rotatable bonds is 31. The Kier molecular flexibility index (Phi) is 56.0. The third kappa shape index (κ3) is 31.9. The number of hydrogen-bond donors (Lipinski definition) is 2. The van der Waals surface area contributed by atoms with Gasteiger partial charge in [-0.3, -0.25) is 24.0 Å². The van der Waals surface area contributed by atoms with Crippen molar-refractivity contribution < 1.29 is 80.9 Å². The highest BCUT2D eigenvalue weighted by molar-refractivity contribution is 6.41. The third-order valence-corrected chi connectivity index (χ3v) is 22.8. The molecule has 5 fully saturated rings. The number of halogens is 3. The molecule has 5 aromatic carbocycles. The zero-order valence-corrected chi connectivity index (χ0v) is 72.8. The molecule has 22 nitrogen and oxygen atoms in total. The first-order chi connectivity index (χ1) is 56.2. The summed E-state index contributed by atoms with van der Waals surface area (Å²) in [7, 11) is 11.0. The summed E-state index contributed by atoms with van der Waals surface area (Å²) in [5.74, 6) is 0.404. The summed E-state index contributed by atoms with van der Waals surface area (Å²) in [4.78, 5) is 86.8. The number of nitrogens with zero attached hydrogens (tertiary/aromatic N) is 7. The molecule has 7 amide bonds. The van der Waals surface area contributed by atoms with Crippen molar-refractivity contribution in [1.82, 2.24) is 19.6 Å². The number of alkyl halides is 3. The van der Waals surface area contributed by atoms with Gasteiger partial charge < -0.3 is 77.7 Å². The molecule has 4 aliphatic carbocycles. The van der Waals surface area contributed by atoms with E-state index in [1.165, 1.54) is 32.1 Å². The number of amides is 7. The van der Waals surface area contributed by atoms with Gasteiger partial charge in [-0.2, -0.15) is 8.78 Å². The Labute approximate surface area is 758 Å². The van der Waals surface area contributed by atoms with Crippen molar-refractivity contribution >= 4 is 64.2 Å². The van der Waals surface area contributed by atoms with Crippen LogP contribution >= 0.6 is 11.6 Å². The van der Waals surface area contributed by atoms with E-state index in [0.717, 1.165) is 142 Å². The first-order valence-corrected chi connectivity index (χ1v) is 42.3. The molecule has 4 heterocycles. The van der Waals surface area contributed by atoms with Crippen LogP contribution in [0.2, 0.25) is 0 Å². The average molecular weight is 1780 g/mol. The van der Waals surface area contributed by atoms with Gasteiger partial charge in [-0.15, -0.1) is 0 Å². The van der Waals surface area contributed by atoms with E-state index in [1.807, 2.05) is 152 Å². The van der Waals surface area contributed by atoms with Gasteiger partial charge in [-0.1, -0.05) is 208 Å². The predicted octanol–water partition coefficient (Wildman–Crippen LogP) is 20.3. The summed E-state index contributed by atoms with van der Waals surface area (Å²) in [6.07, 6.45) is 21.7. The molecule has 25 heteroatoms. The maximum absolute atomic E-state index is 13.1. The molecule has 8 aliphatic rings. The van der Waals surface area contributed by atoms with Crippen LogP contribution in [0, 0.1) is 26.7 Å². The molecular weight excluding hydrogens is 1610 g/mol. The number of aliphatic hydroxyl groups is 2. The molecule has 0 radical (unpaired) electrons. The number of fused-ring (bicyclic) bond motifs is 3. The molecule has 13 rings (SSSR count). The Bertz CT molecular complexity index is 3830. The van der Waals surface area contributed by atoms with Gasteiger partial charge in [0.05, 0.1) is 30.6 Å². The zero-order chi connectivity index (χ0) is 85.6. The van der Waals surface area contributed by atoms with Crippen molar-refractivity contribution in [2.24, 2.45) is 5.92 Å². The monoisotopic (exact) mass is 1780 g/mol. The molecule has 0 aromatic heterocycles. The van der Waals surface area contributed by atoms with E-state index in [1.54, 1.807) is 82.5 Å². The number of methoxy groups -OCH3 is 7. The van der Waals surface area contributed by atoms with Crippen LogP contribution in [0.1, 0.15) is 248 Å². The van der Waals surface area contributed by atoms with Crippen LogP contribution in [0.3, 0.4) is 0 Å². The van der Waals surface area contributed by atoms with Gasteiger partial charge in [0, 0.05) is 156 Å². The molecule has 1 saturated heterocycles. The number of anilines is 3. The van der Waals surface area contributed by atoms with Gasteiger partial charge in [0.15, 0.2) is 16.1 Å². The van der Waals surface area contributed by atoms with Crippen molar-refractivity contribution in [2.75, 3.05) is 137 Å². The second kappa shape index (κ2) is 58.7. The SMILES string of the molecule is C.C.C.C.C.C.C.C.CC/C=C/C(=O)N(CCC)C1CC1.CCCN(C(=O)CC1CCCC1OC)C1CC1.CCCN(C(=O)N1CC(OC)C(OC)C1)C1CC1.COC(F)F.COCCCN1C(=O)C(C)(O)c2ccc(C)cc21.COCCCN1C(=O)C(Cl)(c2ccccc2)c2ccc(C)cc21.COCCCN1C(=O)C(O)(c2ccccc2)c2ccc(C)cc21. The second-order valence-corrected chi connectivity index (χ2v) is 31.9. The number of hydrogen-bond acceptors (Lipinski definition) is 15. The predicted molar refractivity (Wildman–Crippen MR) is 510 cm³/mol. The minimum atomic E-state index is -2.62. The van der Waals surface area contributed by atoms with Gasteiger partial charge in [-0.25, -0.2) is 4.79 Å². The number of urea groups is 1. The number of ether oxygens (including phenoxy) is 7. The molecule has 4 aliphatic heterocycles. The summed E-state index contributed by atoms with van der Waals surface area (Å²) in [5, 5.41) is 21.6. The summed E-state index contributed by atoms with van der Waals surface area (Å²) >= 11 is 6.91. The number of benzene rings is 5. The van der Waals surface area contributed by atoms with E-state index in [4.69, 9.17) is 40.0 Å². The highest BCUT2D eigenvalue weighted by Gasteiger charge is 2.53. The zero-order valence-electron chi connectivity index (χ0n) is 72.0. The quantitative estimate of drug-likeness (QED) is 0.0239. The molecule has 710 valence electrons. The fourth-order valence-corrected chi connectivity index (χ4v) is 16.0. The number of likely N-dealkylation sites (tertiary alicyclic amines) is 1. The van der Waals surface area contributed by atoms with Crippen LogP contribution in [0.15, 0.2) is 127 Å². The summed E-state index contributed by atoms with van der Waals surface area (Å²) in [6.45, 7) is 20.8. The lowest BCUT2D eigenvalue weighted by Crippen LogP contribution is -2.44. The Balaban J connectivity index is 0. The van der Waals surface area contributed by atoms with E-state index >= 15 is 0 Å². The molecular formula is C100H164ClF2N7O15. The summed E-state index contributed by atoms with van der Waals surface area (Å²) in [5.41, 5.74) is 6.36. The molecule has 125 heavy (non-hydrogen) atoms. The van der Waals surface area contributed by atoms with E-state index in [0.29, 0.717) is 112 Å². The van der Waals surface area contributed by atoms with Crippen LogP contribution in [-0.2, 0) is 73.2 Å². The Hall–Kier alpha value is -7.75. The van der Waals surface area contributed by atoms with Crippen molar-refractivity contribution in [2.45, 2.75) is 283 Å². The first-order valence-electron chi connectivity index (χ1n) is 41.9. The van der Waals surface area contributed by atoms with Crippen LogP contribution in [0.25, 0.3) is 0 Å². The minimum absolute atomic E-state index is 0. The molecule has 0 bridgehead atoms. The van der Waals surface area contributed by atoms with Crippen LogP contribution in [0.5, 0.6) is 0 Å². The number of allylic oxidation sites excluding steroid dienone is 1. The number of aryl methyl sites for hydroxylation is 3. The maximum atomic E-state index is 13.1. The van der Waals surface area contributed by atoms with Gasteiger partial charge in [0.1, 0.15) is 12.2 Å². The number of carbonyl (C=O) groups is 6. The van der Waals surface area contributed by atoms with Gasteiger partial charge >= 0.3 is 12.6 Å². The van der Waals surface area contributed by atoms with Crippen molar-refractivity contribution in [3.63, 3.8) is 0 Å². The van der Waals surface area contributed by atoms with Crippen molar-refractivity contribution in [3.05, 3.63) is 172 Å². The maximum Gasteiger partial charge on any atom is 0.345 e. The summed E-state index contributed by atoms with van der Waals surface area (Å²) in [6, 6.07) is 37.9. The largest absolute Gasteiger partial charge is 0.385 e. The second-order valence-electron chi connectivity index (χ2n) is 31.4. The third-order valence-electron chi connectivity index (χ3n) is 22.2. The van der Waals surface area contributed by atoms with E-state index < -0.39 is 22.7 Å². The molecule has 2 N–H and O–H groups in total. The molecule has 5 aromatic rings. The first kappa shape index (κ1) is 119. The topological polar surface area (TPSA) is 230 Å². The van der Waals surface area contributed by atoms with Gasteiger partial charge in [0.25, 0.3) is 17.7 Å². The lowest BCUT2D eigenvalue weighted by Gasteiger charge is -2.27. The molecule has 4 saturated carbocycles. The van der Waals surface area contributed by atoms with E-state index in [2.05, 4.69) is 30.4 Å².